The molecule has 34 heavy (non-hydrogen) atoms. The van der Waals surface area contributed by atoms with Crippen LogP contribution in [0.15, 0.2) is 78.9 Å². The van der Waals surface area contributed by atoms with E-state index in [1.807, 2.05) is 66.7 Å². The predicted octanol–water partition coefficient (Wildman–Crippen LogP) is 4.71. The minimum Gasteiger partial charge on any atom is -0.497 e. The Bertz CT molecular complexity index is 1050. The van der Waals surface area contributed by atoms with Crippen LogP contribution < -0.4 is 9.47 Å². The molecule has 6 nitrogen and oxygen atoms in total. The molecule has 2 fully saturated rings. The van der Waals surface area contributed by atoms with Gasteiger partial charge >= 0.3 is 0 Å². The zero-order chi connectivity index (χ0) is 23.4. The molecular formula is C28H30O6. The zero-order valence-electron chi connectivity index (χ0n) is 19.5. The first-order valence-electron chi connectivity index (χ1n) is 11.5. The van der Waals surface area contributed by atoms with Crippen molar-refractivity contribution in [2.45, 2.75) is 37.1 Å². The first-order valence-corrected chi connectivity index (χ1v) is 11.5. The molecule has 4 atom stereocenters. The second-order valence-electron chi connectivity index (χ2n) is 8.71. The Morgan fingerprint density at radius 3 is 2.03 bits per heavy atom. The van der Waals surface area contributed by atoms with Crippen LogP contribution in [0, 0.1) is 0 Å². The molecule has 0 radical (unpaired) electrons. The van der Waals surface area contributed by atoms with Gasteiger partial charge in [-0.2, -0.15) is 0 Å². The Labute approximate surface area is 200 Å². The summed E-state index contributed by atoms with van der Waals surface area (Å²) in [6, 6.07) is 26.0. The van der Waals surface area contributed by atoms with E-state index in [4.69, 9.17) is 28.4 Å². The van der Waals surface area contributed by atoms with E-state index in [1.165, 1.54) is 0 Å². The van der Waals surface area contributed by atoms with E-state index in [-0.39, 0.29) is 18.3 Å². The Balaban J connectivity index is 1.30. The molecule has 0 aromatic heterocycles. The summed E-state index contributed by atoms with van der Waals surface area (Å²) in [5.74, 6) is 1.65. The van der Waals surface area contributed by atoms with E-state index < -0.39 is 5.60 Å². The number of benzene rings is 3. The lowest BCUT2D eigenvalue weighted by Crippen LogP contribution is -2.46. The second kappa shape index (κ2) is 10.2. The third kappa shape index (κ3) is 4.68. The number of hydrogen-bond donors (Lipinski definition) is 0. The van der Waals surface area contributed by atoms with Crippen molar-refractivity contribution in [2.75, 3.05) is 27.4 Å². The highest BCUT2D eigenvalue weighted by Gasteiger charge is 2.62. The quantitative estimate of drug-likeness (QED) is 0.435. The lowest BCUT2D eigenvalue weighted by molar-refractivity contribution is -0.176. The number of rotatable bonds is 10. The van der Waals surface area contributed by atoms with E-state index in [1.54, 1.807) is 14.2 Å². The molecule has 0 amide bonds. The van der Waals surface area contributed by atoms with Gasteiger partial charge in [0, 0.05) is 0 Å². The summed E-state index contributed by atoms with van der Waals surface area (Å²) in [4.78, 5) is 0. The molecule has 2 aliphatic heterocycles. The van der Waals surface area contributed by atoms with Gasteiger partial charge in [0.2, 0.25) is 0 Å². The van der Waals surface area contributed by atoms with Crippen molar-refractivity contribution in [1.82, 2.24) is 0 Å². The summed E-state index contributed by atoms with van der Waals surface area (Å²) in [7, 11) is 3.32. The fourth-order valence-corrected chi connectivity index (χ4v) is 4.65. The molecule has 0 saturated carbocycles. The number of ether oxygens (including phenoxy) is 6. The molecule has 0 aliphatic carbocycles. The van der Waals surface area contributed by atoms with Crippen LogP contribution >= 0.6 is 0 Å². The highest BCUT2D eigenvalue weighted by atomic mass is 16.7. The minimum absolute atomic E-state index is 0.190. The number of hydrogen-bond acceptors (Lipinski definition) is 6. The number of methoxy groups -OCH3 is 2. The summed E-state index contributed by atoms with van der Waals surface area (Å²) in [6.45, 7) is 1.75. The van der Waals surface area contributed by atoms with Gasteiger partial charge in [0.25, 0.3) is 0 Å². The molecule has 3 aromatic carbocycles. The van der Waals surface area contributed by atoms with Gasteiger partial charge in [-0.3, -0.25) is 0 Å². The third-order valence-electron chi connectivity index (χ3n) is 6.49. The van der Waals surface area contributed by atoms with Crippen LogP contribution in [0.4, 0.5) is 0 Å². The first kappa shape index (κ1) is 22.9. The lowest BCUT2D eigenvalue weighted by atomic mass is 9.97. The summed E-state index contributed by atoms with van der Waals surface area (Å²) < 4.78 is 36.0. The first-order chi connectivity index (χ1) is 16.7. The molecule has 0 N–H and O–H groups in total. The second-order valence-corrected chi connectivity index (χ2v) is 8.71. The van der Waals surface area contributed by atoms with E-state index in [2.05, 4.69) is 12.1 Å². The SMILES string of the molecule is COc1ccc(COC[C@@]23CO[C@H]([C@H]2OCc2ccc(OC)cc2)[C@H](c2ccccc2)O3)cc1. The molecule has 6 heteroatoms. The lowest BCUT2D eigenvalue weighted by Gasteiger charge is -2.31. The summed E-state index contributed by atoms with van der Waals surface area (Å²) >= 11 is 0. The van der Waals surface area contributed by atoms with Crippen LogP contribution in [0.25, 0.3) is 0 Å². The fourth-order valence-electron chi connectivity index (χ4n) is 4.65. The van der Waals surface area contributed by atoms with Crippen molar-refractivity contribution in [3.05, 3.63) is 95.6 Å². The van der Waals surface area contributed by atoms with Gasteiger partial charge in [0.1, 0.15) is 35.4 Å². The van der Waals surface area contributed by atoms with Crippen molar-refractivity contribution in [2.24, 2.45) is 0 Å². The van der Waals surface area contributed by atoms with Crippen molar-refractivity contribution >= 4 is 0 Å². The largest absolute Gasteiger partial charge is 0.497 e. The van der Waals surface area contributed by atoms with Gasteiger partial charge in [-0.05, 0) is 41.0 Å². The Morgan fingerprint density at radius 1 is 0.794 bits per heavy atom. The van der Waals surface area contributed by atoms with E-state index >= 15 is 0 Å². The van der Waals surface area contributed by atoms with Crippen molar-refractivity contribution in [1.29, 1.82) is 0 Å². The van der Waals surface area contributed by atoms with E-state index in [9.17, 15) is 0 Å². The maximum atomic E-state index is 6.63. The maximum absolute atomic E-state index is 6.63. The molecule has 5 rings (SSSR count). The van der Waals surface area contributed by atoms with Gasteiger partial charge in [0.05, 0.1) is 40.6 Å². The Hall–Kier alpha value is -2.90. The average Bonchev–Trinajstić information content (AvgIpc) is 3.40. The van der Waals surface area contributed by atoms with Crippen LogP contribution in [-0.2, 0) is 32.2 Å². The molecule has 178 valence electrons. The van der Waals surface area contributed by atoms with Gasteiger partial charge in [-0.25, -0.2) is 0 Å². The molecule has 0 spiro atoms. The van der Waals surface area contributed by atoms with E-state index in [0.29, 0.717) is 26.4 Å². The summed E-state index contributed by atoms with van der Waals surface area (Å²) in [6.07, 6.45) is -0.624. The summed E-state index contributed by atoms with van der Waals surface area (Å²) in [5.41, 5.74) is 2.56. The topological polar surface area (TPSA) is 55.4 Å². The van der Waals surface area contributed by atoms with Crippen LogP contribution in [0.1, 0.15) is 22.8 Å². The van der Waals surface area contributed by atoms with Crippen LogP contribution in [-0.4, -0.2) is 45.2 Å². The van der Waals surface area contributed by atoms with Gasteiger partial charge < -0.3 is 28.4 Å². The normalized spacial score (nSPS) is 25.4. The highest BCUT2D eigenvalue weighted by molar-refractivity contribution is 5.28. The average molecular weight is 463 g/mol. The highest BCUT2D eigenvalue weighted by Crippen LogP contribution is 2.49. The van der Waals surface area contributed by atoms with Gasteiger partial charge in [-0.15, -0.1) is 0 Å². The molecule has 0 unspecified atom stereocenters. The Kier molecular flexibility index (Phi) is 6.83. The van der Waals surface area contributed by atoms with Gasteiger partial charge in [-0.1, -0.05) is 54.6 Å². The minimum atomic E-state index is -0.663. The standard InChI is InChI=1S/C28H30O6/c1-29-23-12-8-20(9-13-23)16-31-18-28-19-33-26(25(34-28)22-6-4-3-5-7-22)27(28)32-17-21-10-14-24(30-2)15-11-21/h3-15,25-27H,16-19H2,1-2H3/t25-,26-,27+,28+/m0/s1. The monoisotopic (exact) mass is 462 g/mol. The molecule has 2 aliphatic rings. The van der Waals surface area contributed by atoms with Crippen LogP contribution in [0.2, 0.25) is 0 Å². The smallest absolute Gasteiger partial charge is 0.144 e. The maximum Gasteiger partial charge on any atom is 0.144 e. The van der Waals surface area contributed by atoms with Crippen LogP contribution in [0.5, 0.6) is 11.5 Å². The molecule has 3 aromatic rings. The van der Waals surface area contributed by atoms with Crippen molar-refractivity contribution in [3.63, 3.8) is 0 Å². The summed E-state index contributed by atoms with van der Waals surface area (Å²) in [5, 5.41) is 0. The molecule has 2 saturated heterocycles. The number of fused-ring (bicyclic) bond motifs is 2. The molecular weight excluding hydrogens is 432 g/mol. The van der Waals surface area contributed by atoms with Crippen molar-refractivity contribution in [3.8, 4) is 11.5 Å². The fraction of sp³-hybridized carbons (Fsp3) is 0.357. The van der Waals surface area contributed by atoms with Crippen LogP contribution in [0.3, 0.4) is 0 Å². The zero-order valence-corrected chi connectivity index (χ0v) is 19.5. The third-order valence-corrected chi connectivity index (χ3v) is 6.49. The molecule has 2 bridgehead atoms. The predicted molar refractivity (Wildman–Crippen MR) is 127 cm³/mol. The van der Waals surface area contributed by atoms with Crippen molar-refractivity contribution < 1.29 is 28.4 Å². The van der Waals surface area contributed by atoms with Gasteiger partial charge in [0.15, 0.2) is 0 Å². The Morgan fingerprint density at radius 2 is 1.41 bits per heavy atom. The van der Waals surface area contributed by atoms with E-state index in [0.717, 1.165) is 28.2 Å². The molecule has 2 heterocycles.